The average Bonchev–Trinajstić information content (AvgIpc) is 3.26. The Morgan fingerprint density at radius 1 is 0.962 bits per heavy atom. The van der Waals surface area contributed by atoms with E-state index in [0.717, 1.165) is 22.7 Å². The molecular formula is C19H19N5O2. The molecule has 7 nitrogen and oxygen atoms in total. The Kier molecular flexibility index (Phi) is 4.37. The maximum atomic E-state index is 12.6. The first-order chi connectivity index (χ1) is 12.8. The third-order valence-electron chi connectivity index (χ3n) is 4.31. The normalized spacial score (nSPS) is 11.3. The van der Waals surface area contributed by atoms with Crippen molar-refractivity contribution >= 4 is 17.2 Å². The Bertz CT molecular complexity index is 976. The summed E-state index contributed by atoms with van der Waals surface area (Å²) in [7, 11) is 1.53. The van der Waals surface area contributed by atoms with Crippen molar-refractivity contribution in [2.75, 3.05) is 13.7 Å². The van der Waals surface area contributed by atoms with E-state index in [1.54, 1.807) is 17.3 Å². The first-order valence-corrected chi connectivity index (χ1v) is 8.35. The van der Waals surface area contributed by atoms with Crippen molar-refractivity contribution < 1.29 is 9.53 Å². The van der Waals surface area contributed by atoms with Crippen molar-refractivity contribution in [1.82, 2.24) is 23.7 Å². The highest BCUT2D eigenvalue weighted by Gasteiger charge is 2.18. The van der Waals surface area contributed by atoms with Crippen molar-refractivity contribution in [2.24, 2.45) is 0 Å². The maximum Gasteiger partial charge on any atom is 0.249 e. The van der Waals surface area contributed by atoms with Gasteiger partial charge in [-0.25, -0.2) is 9.97 Å². The Morgan fingerprint density at radius 3 is 2.00 bits per heavy atom. The number of pyridine rings is 2. The van der Waals surface area contributed by atoms with Gasteiger partial charge in [-0.2, -0.15) is 0 Å². The minimum Gasteiger partial charge on any atom is -0.375 e. The number of carbonyl (C=O) groups is 1. The molecule has 0 atom stereocenters. The predicted molar refractivity (Wildman–Crippen MR) is 96.5 cm³/mol. The average molecular weight is 349 g/mol. The molecule has 0 spiro atoms. The fraction of sp³-hybridized carbons (Fsp3) is 0.211. The molecule has 4 heterocycles. The van der Waals surface area contributed by atoms with Crippen molar-refractivity contribution in [1.29, 1.82) is 0 Å². The number of rotatable bonds is 6. The number of aromatic nitrogens is 4. The van der Waals surface area contributed by atoms with E-state index in [9.17, 15) is 4.79 Å². The monoisotopic (exact) mass is 349 g/mol. The Balaban J connectivity index is 1.65. The zero-order valence-corrected chi connectivity index (χ0v) is 14.4. The number of methoxy groups -OCH3 is 1. The molecule has 0 unspecified atom stereocenters. The van der Waals surface area contributed by atoms with E-state index >= 15 is 0 Å². The molecule has 0 bridgehead atoms. The van der Waals surface area contributed by atoms with Crippen LogP contribution in [0.5, 0.6) is 0 Å². The van der Waals surface area contributed by atoms with Gasteiger partial charge in [0.25, 0.3) is 0 Å². The van der Waals surface area contributed by atoms with E-state index < -0.39 is 0 Å². The van der Waals surface area contributed by atoms with E-state index in [0.29, 0.717) is 13.1 Å². The smallest absolute Gasteiger partial charge is 0.249 e. The number of fused-ring (bicyclic) bond motifs is 2. The lowest BCUT2D eigenvalue weighted by molar-refractivity contribution is -0.136. The second-order valence-electron chi connectivity index (χ2n) is 6.04. The zero-order chi connectivity index (χ0) is 17.9. The molecule has 4 rings (SSSR count). The molecule has 1 amide bonds. The van der Waals surface area contributed by atoms with Gasteiger partial charge in [0, 0.05) is 19.5 Å². The summed E-state index contributed by atoms with van der Waals surface area (Å²) >= 11 is 0. The molecule has 0 aliphatic carbocycles. The van der Waals surface area contributed by atoms with Crippen molar-refractivity contribution in [3.63, 3.8) is 0 Å². The van der Waals surface area contributed by atoms with Crippen LogP contribution in [0.4, 0.5) is 0 Å². The number of hydrogen-bond acceptors (Lipinski definition) is 4. The molecule has 0 saturated heterocycles. The summed E-state index contributed by atoms with van der Waals surface area (Å²) in [5.74, 6) is -0.0794. The van der Waals surface area contributed by atoms with E-state index in [1.165, 1.54) is 7.11 Å². The maximum absolute atomic E-state index is 12.6. The molecule has 0 fully saturated rings. The minimum absolute atomic E-state index is 0.0352. The SMILES string of the molecule is COCC(=O)N(Cc1cnc2ccccn12)Cc1cnc2ccccn12. The lowest BCUT2D eigenvalue weighted by Crippen LogP contribution is -2.33. The Hall–Kier alpha value is -3.19. The zero-order valence-electron chi connectivity index (χ0n) is 14.4. The molecule has 26 heavy (non-hydrogen) atoms. The molecule has 132 valence electrons. The first-order valence-electron chi connectivity index (χ1n) is 8.35. The van der Waals surface area contributed by atoms with Crippen LogP contribution in [0, 0.1) is 0 Å². The van der Waals surface area contributed by atoms with Gasteiger partial charge in [-0.05, 0) is 24.3 Å². The molecule has 4 aromatic rings. The lowest BCUT2D eigenvalue weighted by atomic mass is 10.3. The van der Waals surface area contributed by atoms with Crippen LogP contribution < -0.4 is 0 Å². The first kappa shape index (κ1) is 16.3. The predicted octanol–water partition coefficient (Wildman–Crippen LogP) is 2.16. The van der Waals surface area contributed by atoms with Crippen LogP contribution in [-0.4, -0.2) is 43.3 Å². The van der Waals surface area contributed by atoms with Crippen LogP contribution in [-0.2, 0) is 22.6 Å². The van der Waals surface area contributed by atoms with Gasteiger partial charge in [0.05, 0.1) is 36.9 Å². The number of amides is 1. The van der Waals surface area contributed by atoms with Crippen LogP contribution in [0.2, 0.25) is 0 Å². The molecule has 0 N–H and O–H groups in total. The molecule has 0 aliphatic heterocycles. The third-order valence-corrected chi connectivity index (χ3v) is 4.31. The van der Waals surface area contributed by atoms with Gasteiger partial charge in [0.2, 0.25) is 5.91 Å². The van der Waals surface area contributed by atoms with Gasteiger partial charge in [-0.1, -0.05) is 12.1 Å². The molecule has 0 aromatic carbocycles. The number of nitrogens with zero attached hydrogens (tertiary/aromatic N) is 5. The van der Waals surface area contributed by atoms with Gasteiger partial charge in [-0.3, -0.25) is 4.79 Å². The standard InChI is InChI=1S/C19H19N5O2/c1-26-14-19(25)22(12-15-10-20-17-6-2-4-8-23(15)17)13-16-11-21-18-7-3-5-9-24(16)18/h2-11H,12-14H2,1H3. The van der Waals surface area contributed by atoms with Crippen molar-refractivity contribution in [3.8, 4) is 0 Å². The van der Waals surface area contributed by atoms with E-state index in [-0.39, 0.29) is 12.5 Å². The highest BCUT2D eigenvalue weighted by atomic mass is 16.5. The van der Waals surface area contributed by atoms with E-state index in [4.69, 9.17) is 4.74 Å². The summed E-state index contributed by atoms with van der Waals surface area (Å²) < 4.78 is 9.04. The quantitative estimate of drug-likeness (QED) is 0.535. The third kappa shape index (κ3) is 3.04. The Labute approximate surface area is 150 Å². The number of hydrogen-bond donors (Lipinski definition) is 0. The van der Waals surface area contributed by atoms with Crippen molar-refractivity contribution in [2.45, 2.75) is 13.1 Å². The summed E-state index contributed by atoms with van der Waals surface area (Å²) in [5.41, 5.74) is 3.60. The molecule has 0 aliphatic rings. The molecule has 4 aromatic heterocycles. The number of imidazole rings is 2. The van der Waals surface area contributed by atoms with Gasteiger partial charge >= 0.3 is 0 Å². The second-order valence-corrected chi connectivity index (χ2v) is 6.04. The minimum atomic E-state index is -0.0794. The highest BCUT2D eigenvalue weighted by molar-refractivity contribution is 5.77. The van der Waals surface area contributed by atoms with Crippen LogP contribution in [0.3, 0.4) is 0 Å². The fourth-order valence-corrected chi connectivity index (χ4v) is 3.04. The van der Waals surface area contributed by atoms with Crippen molar-refractivity contribution in [3.05, 3.63) is 72.6 Å². The van der Waals surface area contributed by atoms with Crippen LogP contribution >= 0.6 is 0 Å². The Morgan fingerprint density at radius 2 is 1.50 bits per heavy atom. The lowest BCUT2D eigenvalue weighted by Gasteiger charge is -2.22. The molecule has 0 saturated carbocycles. The summed E-state index contributed by atoms with van der Waals surface area (Å²) in [6.45, 7) is 0.911. The summed E-state index contributed by atoms with van der Waals surface area (Å²) in [5, 5.41) is 0. The summed E-state index contributed by atoms with van der Waals surface area (Å²) in [4.78, 5) is 23.2. The van der Waals surface area contributed by atoms with Gasteiger partial charge in [-0.15, -0.1) is 0 Å². The molecular weight excluding hydrogens is 330 g/mol. The summed E-state index contributed by atoms with van der Waals surface area (Å²) in [6, 6.07) is 11.7. The highest BCUT2D eigenvalue weighted by Crippen LogP contribution is 2.14. The van der Waals surface area contributed by atoms with E-state index in [2.05, 4.69) is 9.97 Å². The second kappa shape index (κ2) is 6.97. The topological polar surface area (TPSA) is 64.1 Å². The van der Waals surface area contributed by atoms with Crippen LogP contribution in [0.15, 0.2) is 61.2 Å². The largest absolute Gasteiger partial charge is 0.375 e. The number of carbonyl (C=O) groups excluding carboxylic acids is 1. The number of ether oxygens (including phenoxy) is 1. The van der Waals surface area contributed by atoms with Gasteiger partial charge in [0.15, 0.2) is 0 Å². The fourth-order valence-electron chi connectivity index (χ4n) is 3.04. The molecule has 0 radical (unpaired) electrons. The van der Waals surface area contributed by atoms with Gasteiger partial charge < -0.3 is 18.4 Å². The van der Waals surface area contributed by atoms with Crippen LogP contribution in [0.25, 0.3) is 11.3 Å². The van der Waals surface area contributed by atoms with Crippen LogP contribution in [0.1, 0.15) is 11.4 Å². The summed E-state index contributed by atoms with van der Waals surface area (Å²) in [6.07, 6.45) is 7.50. The van der Waals surface area contributed by atoms with Gasteiger partial charge in [0.1, 0.15) is 17.9 Å². The van der Waals surface area contributed by atoms with E-state index in [1.807, 2.05) is 57.6 Å². The molecule has 7 heteroatoms.